The van der Waals surface area contributed by atoms with E-state index in [0.717, 1.165) is 6.42 Å². The number of allylic oxidation sites excluding steroid dienone is 1. The summed E-state index contributed by atoms with van der Waals surface area (Å²) < 4.78 is 0. The second kappa shape index (κ2) is 6.49. The lowest BCUT2D eigenvalue weighted by atomic mass is 9.88. The summed E-state index contributed by atoms with van der Waals surface area (Å²) in [5.74, 6) is 0.557. The molecule has 16 heavy (non-hydrogen) atoms. The summed E-state index contributed by atoms with van der Waals surface area (Å²) in [6.45, 7) is 6.56. The average Bonchev–Trinajstić information content (AvgIpc) is 2.29. The average molecular weight is 217 g/mol. The number of likely N-dealkylation sites (N-methyl/N-ethyl adjacent to an activating group) is 1. The van der Waals surface area contributed by atoms with Crippen molar-refractivity contribution in [2.45, 2.75) is 39.2 Å². The van der Waals surface area contributed by atoms with Crippen molar-refractivity contribution >= 4 is 0 Å². The molecule has 0 bridgehead atoms. The number of rotatable bonds is 5. The summed E-state index contributed by atoms with van der Waals surface area (Å²) in [6.07, 6.45) is 3.47. The highest BCUT2D eigenvalue weighted by atomic mass is 14.9. The van der Waals surface area contributed by atoms with Crippen LogP contribution >= 0.6 is 0 Å². The van der Waals surface area contributed by atoms with Gasteiger partial charge in [0.25, 0.3) is 0 Å². The lowest BCUT2D eigenvalue weighted by molar-refractivity contribution is 0.520. The van der Waals surface area contributed by atoms with Crippen LogP contribution in [-0.2, 0) is 0 Å². The van der Waals surface area contributed by atoms with Crippen LogP contribution < -0.4 is 5.32 Å². The fourth-order valence-electron chi connectivity index (χ4n) is 2.16. The molecule has 1 rings (SSSR count). The van der Waals surface area contributed by atoms with Crippen molar-refractivity contribution in [1.82, 2.24) is 5.32 Å². The number of hydrogen-bond acceptors (Lipinski definition) is 1. The first-order valence-corrected chi connectivity index (χ1v) is 6.06. The Hall–Kier alpha value is -1.08. The fraction of sp³-hybridized carbons (Fsp3) is 0.467. The van der Waals surface area contributed by atoms with Crippen molar-refractivity contribution < 1.29 is 0 Å². The maximum Gasteiger partial charge on any atom is 0.0318 e. The molecule has 0 heterocycles. The molecule has 0 aliphatic rings. The first-order valence-electron chi connectivity index (χ1n) is 6.06. The quantitative estimate of drug-likeness (QED) is 0.741. The molecule has 0 fully saturated rings. The zero-order valence-electron chi connectivity index (χ0n) is 10.8. The largest absolute Gasteiger partial charge is 0.313 e. The predicted molar refractivity (Wildman–Crippen MR) is 71.8 cm³/mol. The Labute approximate surface area is 99.6 Å². The molecule has 0 spiro atoms. The summed E-state index contributed by atoms with van der Waals surface area (Å²) in [5.41, 5.74) is 2.79. The van der Waals surface area contributed by atoms with Crippen molar-refractivity contribution in [3.8, 4) is 0 Å². The molecule has 2 atom stereocenters. The van der Waals surface area contributed by atoms with Gasteiger partial charge >= 0.3 is 0 Å². The summed E-state index contributed by atoms with van der Waals surface area (Å²) in [7, 11) is 2.04. The van der Waals surface area contributed by atoms with Gasteiger partial charge in [-0.05, 0) is 32.9 Å². The van der Waals surface area contributed by atoms with Gasteiger partial charge in [0.1, 0.15) is 0 Å². The van der Waals surface area contributed by atoms with Crippen LogP contribution in [0.15, 0.2) is 42.0 Å². The highest BCUT2D eigenvalue weighted by molar-refractivity contribution is 5.23. The molecule has 1 nitrogen and oxygen atoms in total. The molecular weight excluding hydrogens is 194 g/mol. The smallest absolute Gasteiger partial charge is 0.0318 e. The summed E-state index contributed by atoms with van der Waals surface area (Å²) in [6, 6.07) is 11.2. The molecule has 0 amide bonds. The molecule has 0 aromatic heterocycles. The standard InChI is InChI=1S/C15H23N/c1-5-14(13-9-7-6-8-10-13)15(16-4)11-12(2)3/h6-11,14-16H,5H2,1-4H3. The van der Waals surface area contributed by atoms with Gasteiger partial charge < -0.3 is 5.32 Å². The molecule has 0 aliphatic heterocycles. The third-order valence-corrected chi connectivity index (χ3v) is 2.95. The minimum atomic E-state index is 0.428. The van der Waals surface area contributed by atoms with Crippen molar-refractivity contribution in [3.63, 3.8) is 0 Å². The van der Waals surface area contributed by atoms with Crippen LogP contribution in [0.1, 0.15) is 38.7 Å². The SMILES string of the molecule is CCC(c1ccccc1)C(C=C(C)C)NC. The van der Waals surface area contributed by atoms with Gasteiger partial charge in [-0.25, -0.2) is 0 Å². The zero-order valence-corrected chi connectivity index (χ0v) is 10.8. The van der Waals surface area contributed by atoms with Gasteiger partial charge in [0, 0.05) is 12.0 Å². The maximum atomic E-state index is 3.41. The second-order valence-corrected chi connectivity index (χ2v) is 4.48. The third kappa shape index (κ3) is 3.49. The zero-order chi connectivity index (χ0) is 12.0. The third-order valence-electron chi connectivity index (χ3n) is 2.95. The van der Waals surface area contributed by atoms with E-state index in [0.29, 0.717) is 12.0 Å². The van der Waals surface area contributed by atoms with E-state index in [-0.39, 0.29) is 0 Å². The van der Waals surface area contributed by atoms with E-state index in [9.17, 15) is 0 Å². The minimum absolute atomic E-state index is 0.428. The van der Waals surface area contributed by atoms with E-state index in [1.165, 1.54) is 11.1 Å². The first kappa shape index (κ1) is 13.0. The van der Waals surface area contributed by atoms with Gasteiger partial charge in [-0.2, -0.15) is 0 Å². The van der Waals surface area contributed by atoms with Crippen molar-refractivity contribution in [2.24, 2.45) is 0 Å². The van der Waals surface area contributed by atoms with Gasteiger partial charge in [-0.1, -0.05) is 48.9 Å². The van der Waals surface area contributed by atoms with Gasteiger partial charge in [0.2, 0.25) is 0 Å². The number of hydrogen-bond donors (Lipinski definition) is 1. The van der Waals surface area contributed by atoms with Crippen LogP contribution in [-0.4, -0.2) is 13.1 Å². The van der Waals surface area contributed by atoms with Crippen molar-refractivity contribution in [3.05, 3.63) is 47.5 Å². The van der Waals surface area contributed by atoms with Gasteiger partial charge in [0.05, 0.1) is 0 Å². The van der Waals surface area contributed by atoms with Gasteiger partial charge in [0.15, 0.2) is 0 Å². The highest BCUT2D eigenvalue weighted by Crippen LogP contribution is 2.24. The van der Waals surface area contributed by atoms with Crippen LogP contribution in [0.25, 0.3) is 0 Å². The van der Waals surface area contributed by atoms with Crippen LogP contribution in [0, 0.1) is 0 Å². The van der Waals surface area contributed by atoms with Crippen LogP contribution in [0.2, 0.25) is 0 Å². The van der Waals surface area contributed by atoms with Gasteiger partial charge in [-0.3, -0.25) is 0 Å². The molecule has 0 aliphatic carbocycles. The van der Waals surface area contributed by atoms with E-state index in [4.69, 9.17) is 0 Å². The van der Waals surface area contributed by atoms with E-state index in [1.807, 2.05) is 7.05 Å². The molecule has 88 valence electrons. The van der Waals surface area contributed by atoms with Crippen molar-refractivity contribution in [1.29, 1.82) is 0 Å². The van der Waals surface area contributed by atoms with Crippen LogP contribution in [0.5, 0.6) is 0 Å². The Morgan fingerprint density at radius 1 is 1.25 bits per heavy atom. The summed E-state index contributed by atoms with van der Waals surface area (Å²) >= 11 is 0. The Balaban J connectivity index is 2.92. The molecule has 1 N–H and O–H groups in total. The van der Waals surface area contributed by atoms with Gasteiger partial charge in [-0.15, -0.1) is 0 Å². The normalized spacial score (nSPS) is 14.2. The molecule has 1 aromatic rings. The minimum Gasteiger partial charge on any atom is -0.313 e. The molecule has 0 radical (unpaired) electrons. The lowest BCUT2D eigenvalue weighted by Crippen LogP contribution is -2.30. The lowest BCUT2D eigenvalue weighted by Gasteiger charge is -2.24. The Morgan fingerprint density at radius 2 is 1.88 bits per heavy atom. The molecule has 2 unspecified atom stereocenters. The molecule has 1 aromatic carbocycles. The van der Waals surface area contributed by atoms with Crippen LogP contribution in [0.3, 0.4) is 0 Å². The predicted octanol–water partition coefficient (Wildman–Crippen LogP) is 3.73. The molecule has 0 saturated carbocycles. The van der Waals surface area contributed by atoms with E-state index < -0.39 is 0 Å². The van der Waals surface area contributed by atoms with E-state index in [1.54, 1.807) is 0 Å². The fourth-order valence-corrected chi connectivity index (χ4v) is 2.16. The molecule has 1 heteroatoms. The maximum absolute atomic E-state index is 3.41. The Kier molecular flexibility index (Phi) is 5.27. The highest BCUT2D eigenvalue weighted by Gasteiger charge is 2.17. The molecule has 0 saturated heterocycles. The second-order valence-electron chi connectivity index (χ2n) is 4.48. The van der Waals surface area contributed by atoms with E-state index >= 15 is 0 Å². The molecular formula is C15H23N. The number of benzene rings is 1. The summed E-state index contributed by atoms with van der Waals surface area (Å²) in [4.78, 5) is 0. The number of nitrogens with one attached hydrogen (secondary N) is 1. The first-order chi connectivity index (χ1) is 7.69. The topological polar surface area (TPSA) is 12.0 Å². The van der Waals surface area contributed by atoms with Crippen molar-refractivity contribution in [2.75, 3.05) is 7.05 Å². The Bertz CT molecular complexity index is 323. The summed E-state index contributed by atoms with van der Waals surface area (Å²) in [5, 5.41) is 3.41. The van der Waals surface area contributed by atoms with E-state index in [2.05, 4.69) is 62.5 Å². The Morgan fingerprint density at radius 3 is 2.31 bits per heavy atom. The van der Waals surface area contributed by atoms with Crippen LogP contribution in [0.4, 0.5) is 0 Å². The monoisotopic (exact) mass is 217 g/mol.